The number of carbonyl (C=O) groups is 2. The van der Waals surface area contributed by atoms with Crippen LogP contribution in [0.5, 0.6) is 0 Å². The van der Waals surface area contributed by atoms with Gasteiger partial charge in [0, 0.05) is 31.6 Å². The molecule has 0 fully saturated rings. The number of nitrogens with one attached hydrogen (secondary N) is 2. The van der Waals surface area contributed by atoms with E-state index in [1.807, 2.05) is 12.1 Å². The van der Waals surface area contributed by atoms with Crippen LogP contribution < -0.4 is 16.4 Å². The van der Waals surface area contributed by atoms with Gasteiger partial charge in [0.1, 0.15) is 0 Å². The molecule has 4 N–H and O–H groups in total. The zero-order chi connectivity index (χ0) is 13.5. The summed E-state index contributed by atoms with van der Waals surface area (Å²) in [5, 5.41) is 5.32. The normalized spacial score (nSPS) is 11.1. The fourth-order valence-electron chi connectivity index (χ4n) is 1.48. The molecule has 1 aromatic rings. The van der Waals surface area contributed by atoms with E-state index in [1.165, 1.54) is 0 Å². The van der Waals surface area contributed by atoms with Gasteiger partial charge in [-0.3, -0.25) is 9.59 Å². The van der Waals surface area contributed by atoms with Crippen LogP contribution in [0.3, 0.4) is 0 Å². The van der Waals surface area contributed by atoms with E-state index in [9.17, 15) is 9.59 Å². The van der Waals surface area contributed by atoms with Crippen LogP contribution in [0.2, 0.25) is 0 Å². The minimum absolute atomic E-state index is 0. The zero-order valence-electron chi connectivity index (χ0n) is 11.1. The van der Waals surface area contributed by atoms with Gasteiger partial charge >= 0.3 is 0 Å². The van der Waals surface area contributed by atoms with Crippen LogP contribution in [0.1, 0.15) is 29.3 Å². The first-order valence-electron chi connectivity index (χ1n) is 5.86. The van der Waals surface area contributed by atoms with Gasteiger partial charge in [-0.05, 0) is 24.6 Å². The van der Waals surface area contributed by atoms with Crippen LogP contribution in [0.4, 0.5) is 0 Å². The number of halogens is 1. The Morgan fingerprint density at radius 2 is 1.84 bits per heavy atom. The maximum atomic E-state index is 11.4. The summed E-state index contributed by atoms with van der Waals surface area (Å²) < 4.78 is 0. The van der Waals surface area contributed by atoms with Crippen LogP contribution in [-0.4, -0.2) is 24.9 Å². The number of carbonyl (C=O) groups excluding carboxylic acids is 2. The van der Waals surface area contributed by atoms with Gasteiger partial charge in [-0.2, -0.15) is 0 Å². The third kappa shape index (κ3) is 6.22. The van der Waals surface area contributed by atoms with Crippen molar-refractivity contribution in [2.75, 3.05) is 7.05 Å². The molecule has 0 aliphatic heterocycles. The summed E-state index contributed by atoms with van der Waals surface area (Å²) in [6.45, 7) is 2.23. The Labute approximate surface area is 119 Å². The van der Waals surface area contributed by atoms with Crippen molar-refractivity contribution in [2.45, 2.75) is 25.9 Å². The predicted molar refractivity (Wildman–Crippen MR) is 77.2 cm³/mol. The molecule has 1 rings (SSSR count). The third-order valence-electron chi connectivity index (χ3n) is 2.44. The Balaban J connectivity index is 0.00000324. The molecule has 6 heteroatoms. The van der Waals surface area contributed by atoms with Crippen molar-refractivity contribution in [3.05, 3.63) is 35.4 Å². The zero-order valence-corrected chi connectivity index (χ0v) is 11.9. The average molecular weight is 286 g/mol. The number of rotatable bonds is 5. The highest BCUT2D eigenvalue weighted by Crippen LogP contribution is 2.04. The number of amides is 2. The van der Waals surface area contributed by atoms with Crippen molar-refractivity contribution in [3.63, 3.8) is 0 Å². The minimum atomic E-state index is -0.138. The second-order valence-corrected chi connectivity index (χ2v) is 4.23. The molecule has 2 amide bonds. The van der Waals surface area contributed by atoms with Gasteiger partial charge in [0.15, 0.2) is 0 Å². The van der Waals surface area contributed by atoms with E-state index >= 15 is 0 Å². The topological polar surface area (TPSA) is 84.2 Å². The first-order valence-corrected chi connectivity index (χ1v) is 5.86. The maximum absolute atomic E-state index is 11.4. The molecule has 0 saturated heterocycles. The van der Waals surface area contributed by atoms with Gasteiger partial charge in [0.2, 0.25) is 5.91 Å². The van der Waals surface area contributed by atoms with Crippen molar-refractivity contribution >= 4 is 24.2 Å². The molecule has 1 aromatic carbocycles. The molecule has 19 heavy (non-hydrogen) atoms. The highest BCUT2D eigenvalue weighted by molar-refractivity contribution is 5.93. The summed E-state index contributed by atoms with van der Waals surface area (Å²) in [7, 11) is 1.59. The van der Waals surface area contributed by atoms with E-state index in [4.69, 9.17) is 5.73 Å². The standard InChI is InChI=1S/C13H19N3O2.ClH/c1-9(14)7-12(17)16-8-10-3-5-11(6-4-10)13(18)15-2;/h3-6,9H,7-8,14H2,1-2H3,(H,15,18)(H,16,17);1H. The largest absolute Gasteiger partial charge is 0.355 e. The second-order valence-electron chi connectivity index (χ2n) is 4.23. The number of benzene rings is 1. The molecule has 5 nitrogen and oxygen atoms in total. The molecule has 0 bridgehead atoms. The van der Waals surface area contributed by atoms with Gasteiger partial charge in [-0.15, -0.1) is 12.4 Å². The molecule has 0 saturated carbocycles. The lowest BCUT2D eigenvalue weighted by molar-refractivity contribution is -0.121. The highest BCUT2D eigenvalue weighted by Gasteiger charge is 2.05. The van der Waals surface area contributed by atoms with Crippen LogP contribution >= 0.6 is 12.4 Å². The lowest BCUT2D eigenvalue weighted by atomic mass is 10.1. The average Bonchev–Trinajstić information content (AvgIpc) is 2.35. The van der Waals surface area contributed by atoms with Crippen LogP contribution in [0.25, 0.3) is 0 Å². The van der Waals surface area contributed by atoms with E-state index in [2.05, 4.69) is 10.6 Å². The quantitative estimate of drug-likeness (QED) is 0.749. The molecule has 0 aliphatic rings. The Kier molecular flexibility index (Phi) is 7.79. The lowest BCUT2D eigenvalue weighted by Crippen LogP contribution is -2.29. The van der Waals surface area contributed by atoms with Crippen molar-refractivity contribution in [1.82, 2.24) is 10.6 Å². The van der Waals surface area contributed by atoms with Gasteiger partial charge in [0.05, 0.1) is 0 Å². The van der Waals surface area contributed by atoms with E-state index in [0.29, 0.717) is 18.5 Å². The molecule has 1 atom stereocenters. The Morgan fingerprint density at radius 1 is 1.26 bits per heavy atom. The molecular formula is C13H20ClN3O2. The summed E-state index contributed by atoms with van der Waals surface area (Å²) in [6, 6.07) is 6.95. The summed E-state index contributed by atoms with van der Waals surface area (Å²) >= 11 is 0. The van der Waals surface area contributed by atoms with Crippen molar-refractivity contribution in [1.29, 1.82) is 0 Å². The van der Waals surface area contributed by atoms with E-state index < -0.39 is 0 Å². The number of nitrogens with two attached hydrogens (primary N) is 1. The molecule has 0 aliphatic carbocycles. The van der Waals surface area contributed by atoms with Gasteiger partial charge in [-0.1, -0.05) is 12.1 Å². The fraction of sp³-hybridized carbons (Fsp3) is 0.385. The van der Waals surface area contributed by atoms with E-state index in [-0.39, 0.29) is 30.3 Å². The molecular weight excluding hydrogens is 266 g/mol. The molecule has 106 valence electrons. The van der Waals surface area contributed by atoms with Crippen molar-refractivity contribution in [3.8, 4) is 0 Å². The highest BCUT2D eigenvalue weighted by atomic mass is 35.5. The Hall–Kier alpha value is -1.59. The van der Waals surface area contributed by atoms with Crippen LogP contribution in [0.15, 0.2) is 24.3 Å². The summed E-state index contributed by atoms with van der Waals surface area (Å²) in [5.74, 6) is -0.192. The van der Waals surface area contributed by atoms with Gasteiger partial charge in [0.25, 0.3) is 5.91 Å². The molecule has 0 spiro atoms. The number of hydrogen-bond donors (Lipinski definition) is 3. The van der Waals surface area contributed by atoms with Gasteiger partial charge in [-0.25, -0.2) is 0 Å². The Morgan fingerprint density at radius 3 is 2.32 bits per heavy atom. The Bertz CT molecular complexity index is 418. The summed E-state index contributed by atoms with van der Waals surface area (Å²) in [4.78, 5) is 22.7. The van der Waals surface area contributed by atoms with E-state index in [1.54, 1.807) is 26.1 Å². The SMILES string of the molecule is CNC(=O)c1ccc(CNC(=O)CC(C)N)cc1.Cl. The predicted octanol–water partition coefficient (Wildman–Crippen LogP) is 0.822. The third-order valence-corrected chi connectivity index (χ3v) is 2.44. The summed E-state index contributed by atoms with van der Waals surface area (Å²) in [5.41, 5.74) is 7.07. The molecule has 1 unspecified atom stereocenters. The molecule has 0 radical (unpaired) electrons. The van der Waals surface area contributed by atoms with Crippen LogP contribution in [-0.2, 0) is 11.3 Å². The second kappa shape index (κ2) is 8.50. The summed E-state index contributed by atoms with van der Waals surface area (Å²) in [6.07, 6.45) is 0.316. The smallest absolute Gasteiger partial charge is 0.251 e. The van der Waals surface area contributed by atoms with Crippen molar-refractivity contribution in [2.24, 2.45) is 5.73 Å². The molecule has 0 aromatic heterocycles. The first kappa shape index (κ1) is 17.4. The first-order chi connectivity index (χ1) is 8.52. The minimum Gasteiger partial charge on any atom is -0.355 e. The monoisotopic (exact) mass is 285 g/mol. The number of hydrogen-bond acceptors (Lipinski definition) is 3. The fourth-order valence-corrected chi connectivity index (χ4v) is 1.48. The van der Waals surface area contributed by atoms with E-state index in [0.717, 1.165) is 5.56 Å². The van der Waals surface area contributed by atoms with Crippen molar-refractivity contribution < 1.29 is 9.59 Å². The van der Waals surface area contributed by atoms with Crippen LogP contribution in [0, 0.1) is 0 Å². The molecule has 0 heterocycles. The lowest BCUT2D eigenvalue weighted by Gasteiger charge is -2.07. The maximum Gasteiger partial charge on any atom is 0.251 e. The van der Waals surface area contributed by atoms with Gasteiger partial charge < -0.3 is 16.4 Å².